The molecule has 7 heteroatoms. The maximum atomic E-state index is 12.7. The molecule has 0 aromatic heterocycles. The van der Waals surface area contributed by atoms with Gasteiger partial charge in [0, 0.05) is 12.1 Å². The number of carbonyl (C=O) groups is 3. The minimum Gasteiger partial charge on any atom is -0.451 e. The number of nitrogens with one attached hydrogen (secondary N) is 2. The molecule has 21 heavy (non-hydrogen) atoms. The average Bonchev–Trinajstić information content (AvgIpc) is 2.88. The fraction of sp³-hybridized carbons (Fsp3) is 0.357. The molecule has 2 amide bonds. The first-order valence-corrected chi connectivity index (χ1v) is 6.52. The third-order valence-corrected chi connectivity index (χ3v) is 3.05. The van der Waals surface area contributed by atoms with E-state index in [9.17, 15) is 18.8 Å². The van der Waals surface area contributed by atoms with Crippen LogP contribution in [0.15, 0.2) is 24.3 Å². The van der Waals surface area contributed by atoms with Gasteiger partial charge in [-0.25, -0.2) is 9.18 Å². The van der Waals surface area contributed by atoms with Gasteiger partial charge in [0.25, 0.3) is 5.91 Å². The number of amides is 2. The number of hydrogen-bond acceptors (Lipinski definition) is 4. The van der Waals surface area contributed by atoms with Gasteiger partial charge in [0.2, 0.25) is 5.91 Å². The molecule has 1 aromatic rings. The second kappa shape index (κ2) is 6.34. The molecule has 0 aliphatic carbocycles. The molecule has 0 unspecified atom stereocenters. The van der Waals surface area contributed by atoms with Gasteiger partial charge in [0.05, 0.1) is 0 Å². The molecular weight excluding hydrogens is 279 g/mol. The molecule has 0 bridgehead atoms. The van der Waals surface area contributed by atoms with E-state index in [1.54, 1.807) is 0 Å². The zero-order valence-corrected chi connectivity index (χ0v) is 11.4. The van der Waals surface area contributed by atoms with Crippen LogP contribution in [0.5, 0.6) is 0 Å². The largest absolute Gasteiger partial charge is 0.451 e. The van der Waals surface area contributed by atoms with Crippen molar-refractivity contribution in [3.63, 3.8) is 0 Å². The van der Waals surface area contributed by atoms with Gasteiger partial charge in [0.1, 0.15) is 11.9 Å². The van der Waals surface area contributed by atoms with Crippen LogP contribution in [0.4, 0.5) is 10.1 Å². The van der Waals surface area contributed by atoms with Crippen LogP contribution in [0.1, 0.15) is 19.8 Å². The van der Waals surface area contributed by atoms with Gasteiger partial charge in [0.15, 0.2) is 6.10 Å². The number of benzene rings is 1. The molecule has 0 radical (unpaired) electrons. The van der Waals surface area contributed by atoms with Gasteiger partial charge in [-0.2, -0.15) is 0 Å². The number of halogens is 1. The predicted octanol–water partition coefficient (Wildman–Crippen LogP) is 0.974. The Balaban J connectivity index is 1.86. The summed E-state index contributed by atoms with van der Waals surface area (Å²) in [5.74, 6) is -1.79. The van der Waals surface area contributed by atoms with Crippen molar-refractivity contribution in [3.05, 3.63) is 30.1 Å². The van der Waals surface area contributed by atoms with Crippen molar-refractivity contribution in [2.24, 2.45) is 0 Å². The Hall–Kier alpha value is -2.44. The smallest absolute Gasteiger partial charge is 0.329 e. The highest BCUT2D eigenvalue weighted by Crippen LogP contribution is 2.12. The highest BCUT2D eigenvalue weighted by Gasteiger charge is 2.30. The summed E-state index contributed by atoms with van der Waals surface area (Å²) >= 11 is 0. The topological polar surface area (TPSA) is 84.5 Å². The van der Waals surface area contributed by atoms with Gasteiger partial charge in [-0.1, -0.05) is 0 Å². The van der Waals surface area contributed by atoms with E-state index in [4.69, 9.17) is 4.74 Å². The summed E-state index contributed by atoms with van der Waals surface area (Å²) in [5.41, 5.74) is 0.401. The molecule has 1 fully saturated rings. The van der Waals surface area contributed by atoms with Crippen LogP contribution in [0.2, 0.25) is 0 Å². The first kappa shape index (κ1) is 15.0. The van der Waals surface area contributed by atoms with E-state index in [-0.39, 0.29) is 12.3 Å². The number of esters is 1. The highest BCUT2D eigenvalue weighted by atomic mass is 19.1. The third-order valence-electron chi connectivity index (χ3n) is 3.05. The van der Waals surface area contributed by atoms with Crippen molar-refractivity contribution in [1.82, 2.24) is 5.32 Å². The molecule has 1 heterocycles. The maximum absolute atomic E-state index is 12.7. The van der Waals surface area contributed by atoms with Crippen molar-refractivity contribution in [2.45, 2.75) is 31.9 Å². The Bertz CT molecular complexity index is 559. The Labute approximate surface area is 120 Å². The molecule has 112 valence electrons. The van der Waals surface area contributed by atoms with E-state index in [1.807, 2.05) is 0 Å². The molecule has 2 N–H and O–H groups in total. The first-order chi connectivity index (χ1) is 9.95. The van der Waals surface area contributed by atoms with Crippen LogP contribution in [0.25, 0.3) is 0 Å². The number of anilines is 1. The van der Waals surface area contributed by atoms with E-state index >= 15 is 0 Å². The number of carbonyl (C=O) groups excluding carboxylic acids is 3. The minimum atomic E-state index is -1.01. The van der Waals surface area contributed by atoms with Crippen molar-refractivity contribution in [2.75, 3.05) is 5.32 Å². The van der Waals surface area contributed by atoms with Crippen LogP contribution < -0.4 is 10.6 Å². The van der Waals surface area contributed by atoms with Crippen LogP contribution in [-0.2, 0) is 19.1 Å². The normalized spacial score (nSPS) is 18.8. The molecule has 1 aromatic carbocycles. The second-order valence-corrected chi connectivity index (χ2v) is 4.73. The quantitative estimate of drug-likeness (QED) is 0.811. The van der Waals surface area contributed by atoms with E-state index < -0.39 is 29.8 Å². The summed E-state index contributed by atoms with van der Waals surface area (Å²) in [4.78, 5) is 34.6. The van der Waals surface area contributed by atoms with Gasteiger partial charge in [-0.05, 0) is 37.6 Å². The van der Waals surface area contributed by atoms with E-state index in [1.165, 1.54) is 31.2 Å². The fourth-order valence-electron chi connectivity index (χ4n) is 1.88. The summed E-state index contributed by atoms with van der Waals surface area (Å²) < 4.78 is 17.7. The summed E-state index contributed by atoms with van der Waals surface area (Å²) in [6.45, 7) is 1.42. The molecule has 6 nitrogen and oxygen atoms in total. The number of ether oxygens (including phenoxy) is 1. The van der Waals surface area contributed by atoms with Crippen LogP contribution in [-0.4, -0.2) is 29.9 Å². The van der Waals surface area contributed by atoms with Crippen LogP contribution in [0.3, 0.4) is 0 Å². The van der Waals surface area contributed by atoms with Gasteiger partial charge >= 0.3 is 5.97 Å². The summed E-state index contributed by atoms with van der Waals surface area (Å²) in [7, 11) is 0. The minimum absolute atomic E-state index is 0.208. The van der Waals surface area contributed by atoms with E-state index in [0.29, 0.717) is 12.1 Å². The summed E-state index contributed by atoms with van der Waals surface area (Å²) in [6, 6.07) is 4.53. The Kier molecular flexibility index (Phi) is 4.52. The van der Waals surface area contributed by atoms with Crippen LogP contribution >= 0.6 is 0 Å². The van der Waals surface area contributed by atoms with E-state index in [0.717, 1.165) is 0 Å². The lowest BCUT2D eigenvalue weighted by molar-refractivity contribution is -0.155. The predicted molar refractivity (Wildman–Crippen MR) is 71.7 cm³/mol. The summed E-state index contributed by atoms with van der Waals surface area (Å²) in [6.07, 6.45) is -0.375. The molecular formula is C14H15FN2O4. The Morgan fingerprint density at radius 3 is 2.62 bits per heavy atom. The first-order valence-electron chi connectivity index (χ1n) is 6.52. The van der Waals surface area contributed by atoms with Crippen molar-refractivity contribution in [3.8, 4) is 0 Å². The molecule has 1 saturated heterocycles. The Morgan fingerprint density at radius 1 is 1.38 bits per heavy atom. The standard InChI is InChI=1S/C14H15FN2O4/c1-8(21-14(20)11-6-7-12(18)17-11)13(19)16-10-4-2-9(15)3-5-10/h2-5,8,11H,6-7H2,1H3,(H,16,19)(H,17,18)/t8-,11+/m0/s1. The molecule has 2 atom stereocenters. The van der Waals surface area contributed by atoms with Crippen molar-refractivity contribution < 1.29 is 23.5 Å². The lowest BCUT2D eigenvalue weighted by Crippen LogP contribution is -2.39. The monoisotopic (exact) mass is 294 g/mol. The van der Waals surface area contributed by atoms with E-state index in [2.05, 4.69) is 10.6 Å². The zero-order chi connectivity index (χ0) is 15.4. The zero-order valence-electron chi connectivity index (χ0n) is 11.4. The average molecular weight is 294 g/mol. The summed E-state index contributed by atoms with van der Waals surface area (Å²) in [5, 5.41) is 4.97. The number of rotatable bonds is 4. The molecule has 1 aliphatic rings. The molecule has 0 spiro atoms. The second-order valence-electron chi connectivity index (χ2n) is 4.73. The van der Waals surface area contributed by atoms with Crippen LogP contribution in [0, 0.1) is 5.82 Å². The lowest BCUT2D eigenvalue weighted by Gasteiger charge is -2.16. The molecule has 1 aliphatic heterocycles. The maximum Gasteiger partial charge on any atom is 0.329 e. The molecule has 2 rings (SSSR count). The highest BCUT2D eigenvalue weighted by molar-refractivity contribution is 5.96. The third kappa shape index (κ3) is 4.01. The SMILES string of the molecule is C[C@H](OC(=O)[C@H]1CCC(=O)N1)C(=O)Nc1ccc(F)cc1. The fourth-order valence-corrected chi connectivity index (χ4v) is 1.88. The Morgan fingerprint density at radius 2 is 2.05 bits per heavy atom. The molecule has 0 saturated carbocycles. The van der Waals surface area contributed by atoms with Crippen molar-refractivity contribution in [1.29, 1.82) is 0 Å². The van der Waals surface area contributed by atoms with Gasteiger partial charge < -0.3 is 15.4 Å². The number of hydrogen-bond donors (Lipinski definition) is 2. The van der Waals surface area contributed by atoms with Crippen molar-refractivity contribution >= 4 is 23.5 Å². The van der Waals surface area contributed by atoms with Gasteiger partial charge in [-0.15, -0.1) is 0 Å². The lowest BCUT2D eigenvalue weighted by atomic mass is 10.2. The van der Waals surface area contributed by atoms with Gasteiger partial charge in [-0.3, -0.25) is 9.59 Å².